The quantitative estimate of drug-likeness (QED) is 0.207. The normalized spacial score (nSPS) is 26.4. The Morgan fingerprint density at radius 3 is 1.65 bits per heavy atom. The molecule has 1 aromatic carbocycles. The van der Waals surface area contributed by atoms with Gasteiger partial charge in [0.15, 0.2) is 6.10 Å². The molecule has 0 aliphatic carbocycles. The van der Waals surface area contributed by atoms with Crippen LogP contribution in [0.4, 0.5) is 0 Å². The standard InChI is InChI=1S/C59H95N9O14/c1-19-36(11)48-51(72)60-31-43(69)64(14)46(33(5)6)52(73)61-40(29-38-24-26-39(81-18)27-25-38)59(80)82-50(35(9)10)58(79)68-28-22-21-23-41(68)54(75)65(15)47(34(7)8)53(74)62-45(32(3)4)56(77)63(13)42(30-44(70)71)55(76)67(17)49(37(12)20-2)57(78)66(48)16/h24-27,32-37,40-42,45-50H,19-23,28-31H2,1-18H3,(H,60,72)(H,61,73)(H,62,74)(H,70,71)/t36-,37-,40-,41-,42-,45-,46-,47-,48-,49-,50+/m0/s1. The van der Waals surface area contributed by atoms with Crippen LogP contribution in [0, 0.1) is 35.5 Å². The van der Waals surface area contributed by atoms with Crippen LogP contribution in [0.15, 0.2) is 24.3 Å². The van der Waals surface area contributed by atoms with Crippen LogP contribution < -0.4 is 20.7 Å². The number of benzene rings is 1. The van der Waals surface area contributed by atoms with E-state index in [1.54, 1.807) is 100 Å². The van der Waals surface area contributed by atoms with Crippen LogP contribution in [-0.4, -0.2) is 209 Å². The van der Waals surface area contributed by atoms with Gasteiger partial charge in [-0.25, -0.2) is 4.79 Å². The third-order valence-corrected chi connectivity index (χ3v) is 16.3. The number of carboxylic acid groups (broad SMARTS) is 1. The summed E-state index contributed by atoms with van der Waals surface area (Å²) < 4.78 is 11.4. The topological polar surface area (TPSA) is 282 Å². The highest BCUT2D eigenvalue weighted by atomic mass is 16.6. The molecule has 0 spiro atoms. The number of carbonyl (C=O) groups excluding carboxylic acids is 10. The highest BCUT2D eigenvalue weighted by Gasteiger charge is 2.46. The van der Waals surface area contributed by atoms with Gasteiger partial charge in [0.1, 0.15) is 54.1 Å². The van der Waals surface area contributed by atoms with E-state index in [4.69, 9.17) is 9.47 Å². The lowest BCUT2D eigenvalue weighted by Gasteiger charge is -2.41. The minimum atomic E-state index is -1.69. The molecule has 23 heteroatoms. The Balaban J connectivity index is 2.32. The van der Waals surface area contributed by atoms with Gasteiger partial charge in [0, 0.05) is 48.2 Å². The lowest BCUT2D eigenvalue weighted by atomic mass is 9.92. The summed E-state index contributed by atoms with van der Waals surface area (Å²) in [5.41, 5.74) is 0.584. The molecule has 11 atom stereocenters. The van der Waals surface area contributed by atoms with Gasteiger partial charge in [0.25, 0.3) is 5.91 Å². The SMILES string of the molecule is CC[C@H](C)[C@H]1C(=O)NCC(=O)N(C)[C@@H](C(C)C)C(=O)N[C@@H](Cc2ccc(OC)cc2)C(=O)O[C@H](C(C)C)C(=O)N2CCCC[C@H]2C(=O)N(C)[C@@H](C(C)C)C(=O)N[C@@H](C(C)C)C(=O)N(C)[C@@H](CC(=O)O)C(=O)N(C)[C@@H]([C@@H](C)CC)C(=O)N1C. The molecule has 2 fully saturated rings. The summed E-state index contributed by atoms with van der Waals surface area (Å²) >= 11 is 0. The third kappa shape index (κ3) is 17.1. The second-order valence-electron chi connectivity index (χ2n) is 23.7. The summed E-state index contributed by atoms with van der Waals surface area (Å²) in [6.45, 7) is 20.0. The predicted octanol–water partition coefficient (Wildman–Crippen LogP) is 2.96. The first-order valence-corrected chi connectivity index (χ1v) is 28.9. The van der Waals surface area contributed by atoms with Crippen molar-refractivity contribution in [3.8, 4) is 5.75 Å². The third-order valence-electron chi connectivity index (χ3n) is 16.3. The zero-order chi connectivity index (χ0) is 62.4. The number of carboxylic acids is 1. The number of carbonyl (C=O) groups is 11. The van der Waals surface area contributed by atoms with Gasteiger partial charge in [-0.3, -0.25) is 47.9 Å². The van der Waals surface area contributed by atoms with Crippen LogP contribution in [0.2, 0.25) is 0 Å². The van der Waals surface area contributed by atoms with Crippen molar-refractivity contribution in [1.29, 1.82) is 0 Å². The van der Waals surface area contributed by atoms with Crippen molar-refractivity contribution in [3.63, 3.8) is 0 Å². The van der Waals surface area contributed by atoms with E-state index in [0.717, 1.165) is 14.7 Å². The molecule has 23 nitrogen and oxygen atoms in total. The first kappa shape index (κ1) is 69.5. The van der Waals surface area contributed by atoms with Crippen molar-refractivity contribution in [1.82, 2.24) is 45.3 Å². The molecular weight excluding hydrogens is 1060 g/mol. The van der Waals surface area contributed by atoms with Crippen LogP contribution >= 0.6 is 0 Å². The second-order valence-corrected chi connectivity index (χ2v) is 23.7. The van der Waals surface area contributed by atoms with Gasteiger partial charge in [-0.05, 0) is 72.5 Å². The zero-order valence-electron chi connectivity index (χ0n) is 51.8. The first-order chi connectivity index (χ1) is 38.3. The van der Waals surface area contributed by atoms with Crippen LogP contribution in [0.3, 0.4) is 0 Å². The number of piperidine rings is 1. The molecule has 0 saturated carbocycles. The summed E-state index contributed by atoms with van der Waals surface area (Å²) in [5.74, 6) is -12.0. The fraction of sp³-hybridized carbons (Fsp3) is 0.712. The molecular formula is C59H95N9O14. The number of likely N-dealkylation sites (N-methyl/N-ethyl adjacent to an activating group) is 5. The summed E-state index contributed by atoms with van der Waals surface area (Å²) in [6, 6.07) is -3.78. The van der Waals surface area contributed by atoms with E-state index in [-0.39, 0.29) is 19.4 Å². The fourth-order valence-electron chi connectivity index (χ4n) is 11.0. The number of nitrogens with one attached hydrogen (secondary N) is 3. The number of methoxy groups -OCH3 is 1. The predicted molar refractivity (Wildman–Crippen MR) is 306 cm³/mol. The van der Waals surface area contributed by atoms with Crippen molar-refractivity contribution >= 4 is 65.1 Å². The fourth-order valence-corrected chi connectivity index (χ4v) is 11.0. The maximum atomic E-state index is 14.9. The Kier molecular flexibility index (Phi) is 26.3. The molecule has 9 amide bonds. The molecule has 2 aliphatic rings. The number of hydrogen-bond acceptors (Lipinski definition) is 13. The highest BCUT2D eigenvalue weighted by molar-refractivity contribution is 5.99. The summed E-state index contributed by atoms with van der Waals surface area (Å²) in [6.07, 6.45) is -0.480. The van der Waals surface area contributed by atoms with Gasteiger partial charge in [0.2, 0.25) is 47.3 Å². The Morgan fingerprint density at radius 2 is 1.13 bits per heavy atom. The lowest BCUT2D eigenvalue weighted by molar-refractivity contribution is -0.169. The van der Waals surface area contributed by atoms with Crippen molar-refractivity contribution in [2.75, 3.05) is 55.4 Å². The van der Waals surface area contributed by atoms with Gasteiger partial charge in [-0.15, -0.1) is 0 Å². The van der Waals surface area contributed by atoms with Crippen molar-refractivity contribution in [3.05, 3.63) is 29.8 Å². The van der Waals surface area contributed by atoms with Crippen LogP contribution in [0.5, 0.6) is 5.75 Å². The van der Waals surface area contributed by atoms with E-state index >= 15 is 0 Å². The van der Waals surface area contributed by atoms with E-state index in [1.165, 1.54) is 57.0 Å². The van der Waals surface area contributed by atoms with Gasteiger partial charge in [0.05, 0.1) is 20.1 Å². The molecule has 82 heavy (non-hydrogen) atoms. The number of rotatable bonds is 13. The van der Waals surface area contributed by atoms with Gasteiger partial charge in [-0.1, -0.05) is 108 Å². The molecule has 3 rings (SSSR count). The second kappa shape index (κ2) is 31.0. The Hall–Kier alpha value is -6.81. The molecule has 0 aromatic heterocycles. The number of aliphatic carboxylic acids is 1. The Morgan fingerprint density at radius 1 is 0.610 bits per heavy atom. The number of hydrogen-bond donors (Lipinski definition) is 4. The number of nitrogens with zero attached hydrogens (tertiary/aromatic N) is 6. The molecule has 0 radical (unpaired) electrons. The van der Waals surface area contributed by atoms with Crippen molar-refractivity contribution < 1.29 is 67.3 Å². The number of esters is 1. The Labute approximate surface area is 485 Å². The smallest absolute Gasteiger partial charge is 0.329 e. The van der Waals surface area contributed by atoms with Gasteiger partial charge >= 0.3 is 11.9 Å². The number of amides is 9. The van der Waals surface area contributed by atoms with Crippen LogP contribution in [0.25, 0.3) is 0 Å². The van der Waals surface area contributed by atoms with E-state index in [0.29, 0.717) is 37.0 Å². The summed E-state index contributed by atoms with van der Waals surface area (Å²) in [5, 5.41) is 18.5. The largest absolute Gasteiger partial charge is 0.497 e. The Bertz CT molecular complexity index is 2430. The minimum Gasteiger partial charge on any atom is -0.497 e. The number of cyclic esters (lactones) is 1. The molecule has 2 saturated heterocycles. The van der Waals surface area contributed by atoms with Crippen LogP contribution in [-0.2, 0) is 63.9 Å². The molecule has 0 bridgehead atoms. The highest BCUT2D eigenvalue weighted by Crippen LogP contribution is 2.27. The van der Waals surface area contributed by atoms with Crippen molar-refractivity contribution in [2.45, 2.75) is 182 Å². The zero-order valence-corrected chi connectivity index (χ0v) is 51.8. The number of ether oxygens (including phenoxy) is 2. The average molecular weight is 1150 g/mol. The van der Waals surface area contributed by atoms with E-state index in [9.17, 15) is 57.8 Å². The van der Waals surface area contributed by atoms with E-state index < -0.39 is 168 Å². The molecule has 1 aromatic rings. The summed E-state index contributed by atoms with van der Waals surface area (Å²) in [4.78, 5) is 166. The first-order valence-electron chi connectivity index (χ1n) is 28.9. The molecule has 2 aliphatic heterocycles. The monoisotopic (exact) mass is 1150 g/mol. The lowest BCUT2D eigenvalue weighted by Crippen LogP contribution is -2.63. The summed E-state index contributed by atoms with van der Waals surface area (Å²) in [7, 11) is 8.27. The molecule has 4 N–H and O–H groups in total. The van der Waals surface area contributed by atoms with Crippen molar-refractivity contribution in [2.24, 2.45) is 35.5 Å². The maximum Gasteiger partial charge on any atom is 0.329 e. The van der Waals surface area contributed by atoms with E-state index in [2.05, 4.69) is 16.0 Å². The molecule has 2 heterocycles. The van der Waals surface area contributed by atoms with Gasteiger partial charge < -0.3 is 59.9 Å². The van der Waals surface area contributed by atoms with Crippen LogP contribution in [0.1, 0.15) is 127 Å². The molecule has 460 valence electrons. The van der Waals surface area contributed by atoms with Gasteiger partial charge in [-0.2, -0.15) is 0 Å². The minimum absolute atomic E-state index is 0.105. The average Bonchev–Trinajstić information content (AvgIpc) is 3.46. The molecule has 0 unspecified atom stereocenters. The number of fused-ring (bicyclic) bond motifs is 1. The van der Waals surface area contributed by atoms with E-state index in [1.807, 2.05) is 6.92 Å². The maximum absolute atomic E-state index is 14.9.